The monoisotopic (exact) mass is 546 g/mol. The number of halogens is 2. The van der Waals surface area contributed by atoms with Gasteiger partial charge in [0.15, 0.2) is 0 Å². The minimum atomic E-state index is 0. The number of hydrogen-bond acceptors (Lipinski definition) is 0. The van der Waals surface area contributed by atoms with E-state index in [4.69, 9.17) is 0 Å². The number of piperidine rings is 1. The van der Waals surface area contributed by atoms with Gasteiger partial charge in [-0.15, -0.1) is 0 Å². The highest BCUT2D eigenvalue weighted by molar-refractivity contribution is 5.07. The van der Waals surface area contributed by atoms with Crippen LogP contribution >= 0.6 is 0 Å². The SMILES string of the molecule is C[C@]12CCC3C(CC[C@H]4C[C@H]([N+]5(C)CCCC5)CC[C@]34C)C1CCC[N+]2(C)C.[Br-].[Br-]. The van der Waals surface area contributed by atoms with Crippen LogP contribution in [0.2, 0.25) is 0 Å². The van der Waals surface area contributed by atoms with Gasteiger partial charge in [-0.1, -0.05) is 6.92 Å². The van der Waals surface area contributed by atoms with E-state index in [1.54, 1.807) is 25.7 Å². The standard InChI is InChI=1S/C26H48N2.2BrH/c1-25-14-12-21(28(5)17-6-7-18-28)19-20(25)10-11-22-23(25)13-15-26(2)24(22)9-8-16-27(26,3)4;;/h20-24H,6-19H2,1-5H3;2*1H/q+2;;/p-2/t20-,21+,22?,23?,24?,25-,26-;;/m0../s1. The van der Waals surface area contributed by atoms with Crippen LogP contribution in [0.3, 0.4) is 0 Å². The van der Waals surface area contributed by atoms with Crippen LogP contribution in [-0.4, -0.2) is 61.3 Å². The second-order valence-corrected chi connectivity index (χ2v) is 13.2. The lowest BCUT2D eigenvalue weighted by Crippen LogP contribution is -3.00. The van der Waals surface area contributed by atoms with Crippen LogP contribution in [0.25, 0.3) is 0 Å². The zero-order valence-electron chi connectivity index (χ0n) is 20.4. The molecule has 30 heavy (non-hydrogen) atoms. The van der Waals surface area contributed by atoms with Gasteiger partial charge < -0.3 is 42.9 Å². The fourth-order valence-corrected chi connectivity index (χ4v) is 9.76. The number of hydrogen-bond donors (Lipinski definition) is 0. The molecule has 5 fully saturated rings. The van der Waals surface area contributed by atoms with E-state index < -0.39 is 0 Å². The fraction of sp³-hybridized carbons (Fsp3) is 1.00. The van der Waals surface area contributed by atoms with E-state index in [9.17, 15) is 0 Å². The van der Waals surface area contributed by atoms with Gasteiger partial charge in [0.2, 0.25) is 0 Å². The number of likely N-dealkylation sites (tertiary alicyclic amines) is 2. The molecule has 3 unspecified atom stereocenters. The van der Waals surface area contributed by atoms with Crippen LogP contribution in [0.5, 0.6) is 0 Å². The highest BCUT2D eigenvalue weighted by Crippen LogP contribution is 2.64. The first kappa shape index (κ1) is 25.5. The van der Waals surface area contributed by atoms with Gasteiger partial charge in [0.25, 0.3) is 0 Å². The maximum Gasteiger partial charge on any atom is 0.0991 e. The van der Waals surface area contributed by atoms with Gasteiger partial charge >= 0.3 is 0 Å². The quantitative estimate of drug-likeness (QED) is 0.387. The summed E-state index contributed by atoms with van der Waals surface area (Å²) in [7, 11) is 7.69. The molecule has 5 rings (SSSR count). The number of quaternary nitrogens is 2. The highest BCUT2D eigenvalue weighted by atomic mass is 79.9. The third-order valence-corrected chi connectivity index (χ3v) is 12.1. The number of nitrogens with zero attached hydrogens (tertiary/aromatic N) is 2. The first-order valence-corrected chi connectivity index (χ1v) is 12.9. The van der Waals surface area contributed by atoms with E-state index in [1.807, 2.05) is 0 Å². The Morgan fingerprint density at radius 3 is 2.10 bits per heavy atom. The summed E-state index contributed by atoms with van der Waals surface area (Å²) < 4.78 is 2.71. The Hall–Kier alpha value is 0.880. The molecule has 0 aromatic rings. The third-order valence-electron chi connectivity index (χ3n) is 12.1. The van der Waals surface area contributed by atoms with Gasteiger partial charge in [0.05, 0.1) is 52.4 Å². The molecule has 0 N–H and O–H groups in total. The molecule has 0 aromatic heterocycles. The summed E-state index contributed by atoms with van der Waals surface area (Å²) in [5.74, 6) is 4.09. The minimum Gasteiger partial charge on any atom is -1.00 e. The van der Waals surface area contributed by atoms with Gasteiger partial charge in [0, 0.05) is 31.6 Å². The Kier molecular flexibility index (Phi) is 7.30. The molecule has 0 radical (unpaired) electrons. The largest absolute Gasteiger partial charge is 1.00 e. The second-order valence-electron chi connectivity index (χ2n) is 13.2. The molecule has 0 bridgehead atoms. The topological polar surface area (TPSA) is 0 Å². The van der Waals surface area contributed by atoms with E-state index in [2.05, 4.69) is 35.0 Å². The van der Waals surface area contributed by atoms with Crippen molar-refractivity contribution in [1.29, 1.82) is 0 Å². The van der Waals surface area contributed by atoms with Gasteiger partial charge in [-0.2, -0.15) is 0 Å². The molecule has 176 valence electrons. The first-order chi connectivity index (χ1) is 13.2. The molecule has 5 aliphatic rings. The molecule has 3 saturated carbocycles. The molecule has 0 spiro atoms. The van der Waals surface area contributed by atoms with Gasteiger partial charge in [-0.25, -0.2) is 0 Å². The van der Waals surface area contributed by atoms with Crippen molar-refractivity contribution in [3.8, 4) is 0 Å². The van der Waals surface area contributed by atoms with Gasteiger partial charge in [-0.05, 0) is 75.0 Å². The number of rotatable bonds is 1. The van der Waals surface area contributed by atoms with Crippen LogP contribution < -0.4 is 34.0 Å². The van der Waals surface area contributed by atoms with Crippen molar-refractivity contribution in [2.24, 2.45) is 29.1 Å². The zero-order valence-corrected chi connectivity index (χ0v) is 23.6. The average Bonchev–Trinajstić information content (AvgIpc) is 3.09. The maximum absolute atomic E-state index is 2.76. The molecule has 2 heterocycles. The molecular weight excluding hydrogens is 500 g/mol. The van der Waals surface area contributed by atoms with Gasteiger partial charge in [-0.3, -0.25) is 0 Å². The minimum absolute atomic E-state index is 0. The molecule has 2 aliphatic heterocycles. The van der Waals surface area contributed by atoms with Crippen LogP contribution in [-0.2, 0) is 0 Å². The summed E-state index contributed by atoms with van der Waals surface area (Å²) in [6.45, 7) is 9.78. The van der Waals surface area contributed by atoms with E-state index in [-0.39, 0.29) is 34.0 Å². The normalized spacial score (nSPS) is 48.9. The lowest BCUT2D eigenvalue weighted by Gasteiger charge is -2.65. The molecule has 7 atom stereocenters. The lowest BCUT2D eigenvalue weighted by molar-refractivity contribution is -0.952. The van der Waals surface area contributed by atoms with Gasteiger partial charge in [0.1, 0.15) is 0 Å². The van der Waals surface area contributed by atoms with Crippen molar-refractivity contribution in [2.75, 3.05) is 40.8 Å². The summed E-state index contributed by atoms with van der Waals surface area (Å²) in [4.78, 5) is 0. The van der Waals surface area contributed by atoms with Crippen LogP contribution in [0.1, 0.15) is 84.5 Å². The van der Waals surface area contributed by atoms with Crippen molar-refractivity contribution >= 4 is 0 Å². The Labute approximate surface area is 208 Å². The second kappa shape index (κ2) is 8.58. The van der Waals surface area contributed by atoms with Crippen LogP contribution in [0.4, 0.5) is 0 Å². The Bertz CT molecular complexity index is 616. The smallest absolute Gasteiger partial charge is 0.0991 e. The summed E-state index contributed by atoms with van der Waals surface area (Å²) >= 11 is 0. The Morgan fingerprint density at radius 2 is 1.40 bits per heavy atom. The molecule has 2 nitrogen and oxygen atoms in total. The lowest BCUT2D eigenvalue weighted by atomic mass is 9.44. The summed E-state index contributed by atoms with van der Waals surface area (Å²) in [6, 6.07) is 0.983. The zero-order chi connectivity index (χ0) is 19.8. The van der Waals surface area contributed by atoms with E-state index in [0.29, 0.717) is 11.0 Å². The molecule has 0 amide bonds. The number of fused-ring (bicyclic) bond motifs is 5. The summed E-state index contributed by atoms with van der Waals surface area (Å²) in [5.41, 5.74) is 1.21. The van der Waals surface area contributed by atoms with Crippen molar-refractivity contribution in [1.82, 2.24) is 0 Å². The fourth-order valence-electron chi connectivity index (χ4n) is 9.76. The van der Waals surface area contributed by atoms with Crippen LogP contribution in [0.15, 0.2) is 0 Å². The third kappa shape index (κ3) is 3.61. The van der Waals surface area contributed by atoms with E-state index in [0.717, 1.165) is 29.7 Å². The Morgan fingerprint density at radius 1 is 0.700 bits per heavy atom. The Balaban J connectivity index is 0.00000128. The molecule has 0 aromatic carbocycles. The average molecular weight is 548 g/mol. The van der Waals surface area contributed by atoms with Crippen molar-refractivity contribution in [2.45, 2.75) is 96.1 Å². The predicted molar refractivity (Wildman–Crippen MR) is 118 cm³/mol. The first-order valence-electron chi connectivity index (χ1n) is 12.9. The molecule has 4 heteroatoms. The predicted octanol–water partition coefficient (Wildman–Crippen LogP) is -0.525. The molecule has 3 aliphatic carbocycles. The summed E-state index contributed by atoms with van der Waals surface area (Å²) in [5, 5.41) is 0. The van der Waals surface area contributed by atoms with Crippen molar-refractivity contribution in [3.05, 3.63) is 0 Å². The summed E-state index contributed by atoms with van der Waals surface area (Å²) in [6.07, 6.45) is 16.7. The van der Waals surface area contributed by atoms with Crippen LogP contribution in [0, 0.1) is 29.1 Å². The van der Waals surface area contributed by atoms with E-state index >= 15 is 0 Å². The highest BCUT2D eigenvalue weighted by Gasteiger charge is 2.62. The van der Waals surface area contributed by atoms with E-state index in [1.165, 1.54) is 73.5 Å². The maximum atomic E-state index is 2.76. The van der Waals surface area contributed by atoms with Crippen molar-refractivity contribution < 1.29 is 42.9 Å². The molecular formula is C26H48Br2N2. The van der Waals surface area contributed by atoms with Crippen molar-refractivity contribution in [3.63, 3.8) is 0 Å². The molecule has 2 saturated heterocycles.